The molecule has 0 saturated carbocycles. The number of carbonyl (C=O) groups is 1. The van der Waals surface area contributed by atoms with Crippen LogP contribution in [0, 0.1) is 0 Å². The summed E-state index contributed by atoms with van der Waals surface area (Å²) in [5.74, 6) is -0.232. The van der Waals surface area contributed by atoms with Gasteiger partial charge >= 0.3 is 0 Å². The van der Waals surface area contributed by atoms with E-state index < -0.39 is 86.8 Å². The van der Waals surface area contributed by atoms with Gasteiger partial charge in [-0.1, -0.05) is 270 Å². The highest BCUT2D eigenvalue weighted by molar-refractivity contribution is 5.76. The van der Waals surface area contributed by atoms with Gasteiger partial charge in [-0.25, -0.2) is 0 Å². The molecule has 0 radical (unpaired) electrons. The van der Waals surface area contributed by atoms with Crippen molar-refractivity contribution < 1.29 is 64.6 Å². The molecule has 2 aliphatic heterocycles. The van der Waals surface area contributed by atoms with Crippen molar-refractivity contribution in [3.63, 3.8) is 0 Å². The van der Waals surface area contributed by atoms with Gasteiger partial charge in [-0.15, -0.1) is 0 Å². The molecular formula is C62H119NO13. The summed E-state index contributed by atoms with van der Waals surface area (Å²) >= 11 is 0. The highest BCUT2D eigenvalue weighted by Crippen LogP contribution is 2.30. The Kier molecular flexibility index (Phi) is 45.1. The number of hydrogen-bond donors (Lipinski definition) is 9. The van der Waals surface area contributed by atoms with Crippen molar-refractivity contribution in [3.8, 4) is 0 Å². The van der Waals surface area contributed by atoms with Crippen molar-refractivity contribution in [1.29, 1.82) is 0 Å². The van der Waals surface area contributed by atoms with E-state index in [9.17, 15) is 45.6 Å². The lowest BCUT2D eigenvalue weighted by molar-refractivity contribution is -0.359. The van der Waals surface area contributed by atoms with E-state index >= 15 is 0 Å². The van der Waals surface area contributed by atoms with Crippen LogP contribution in [0.3, 0.4) is 0 Å². The summed E-state index contributed by atoms with van der Waals surface area (Å²) in [5.41, 5.74) is 0. The Morgan fingerprint density at radius 3 is 1.21 bits per heavy atom. The normalized spacial score (nSPS) is 24.9. The molecule has 0 spiro atoms. The molecule has 0 aromatic rings. The number of hydrogen-bond acceptors (Lipinski definition) is 13. The van der Waals surface area contributed by atoms with Crippen LogP contribution in [0.25, 0.3) is 0 Å². The minimum atomic E-state index is -1.79. The first-order valence-corrected chi connectivity index (χ1v) is 31.9. The van der Waals surface area contributed by atoms with Gasteiger partial charge in [0.1, 0.15) is 48.8 Å². The highest BCUT2D eigenvalue weighted by Gasteiger charge is 2.51. The second-order valence-electron chi connectivity index (χ2n) is 22.9. The predicted octanol–water partition coefficient (Wildman–Crippen LogP) is 11.5. The first-order valence-electron chi connectivity index (χ1n) is 31.9. The Morgan fingerprint density at radius 1 is 0.461 bits per heavy atom. The number of unbranched alkanes of at least 4 members (excludes halogenated alkanes) is 39. The van der Waals surface area contributed by atoms with Gasteiger partial charge in [0.15, 0.2) is 12.6 Å². The molecule has 2 fully saturated rings. The van der Waals surface area contributed by atoms with Crippen molar-refractivity contribution >= 4 is 5.91 Å². The van der Waals surface area contributed by atoms with E-state index in [1.165, 1.54) is 218 Å². The minimum Gasteiger partial charge on any atom is -0.394 e. The smallest absolute Gasteiger partial charge is 0.220 e. The van der Waals surface area contributed by atoms with Crippen LogP contribution in [0.15, 0.2) is 12.2 Å². The molecule has 0 aromatic carbocycles. The Morgan fingerprint density at radius 2 is 0.816 bits per heavy atom. The molecule has 1 amide bonds. The first kappa shape index (κ1) is 70.8. The zero-order valence-corrected chi connectivity index (χ0v) is 48.5. The molecule has 12 atom stereocenters. The van der Waals surface area contributed by atoms with E-state index in [1.807, 2.05) is 6.08 Å². The fraction of sp³-hybridized carbons (Fsp3) is 0.952. The van der Waals surface area contributed by atoms with E-state index in [-0.39, 0.29) is 18.9 Å². The molecule has 0 bridgehead atoms. The lowest BCUT2D eigenvalue weighted by Gasteiger charge is -2.46. The average Bonchev–Trinajstić information content (AvgIpc) is 3.42. The molecule has 9 N–H and O–H groups in total. The minimum absolute atomic E-state index is 0.232. The van der Waals surface area contributed by atoms with Crippen molar-refractivity contribution in [1.82, 2.24) is 5.32 Å². The van der Waals surface area contributed by atoms with Gasteiger partial charge in [0, 0.05) is 6.42 Å². The van der Waals surface area contributed by atoms with E-state index in [0.717, 1.165) is 38.5 Å². The van der Waals surface area contributed by atoms with Gasteiger partial charge < -0.3 is 65.1 Å². The number of carbonyl (C=O) groups excluding carboxylic acids is 1. The maximum Gasteiger partial charge on any atom is 0.220 e. The maximum atomic E-state index is 13.3. The van der Waals surface area contributed by atoms with Gasteiger partial charge in [-0.2, -0.15) is 0 Å². The van der Waals surface area contributed by atoms with Crippen LogP contribution in [0.5, 0.6) is 0 Å². The fourth-order valence-corrected chi connectivity index (χ4v) is 10.8. The quantitative estimate of drug-likeness (QED) is 0.0204. The molecule has 14 nitrogen and oxygen atoms in total. The molecule has 2 heterocycles. The molecular weight excluding hydrogens is 967 g/mol. The molecule has 0 aliphatic carbocycles. The van der Waals surface area contributed by atoms with Gasteiger partial charge in [-0.3, -0.25) is 4.79 Å². The molecule has 4 unspecified atom stereocenters. The number of allylic oxidation sites excluding steroid dienone is 1. The number of rotatable bonds is 52. The molecule has 76 heavy (non-hydrogen) atoms. The number of aliphatic hydroxyl groups is 8. The predicted molar refractivity (Wildman–Crippen MR) is 305 cm³/mol. The number of nitrogens with one attached hydrogen (secondary N) is 1. The fourth-order valence-electron chi connectivity index (χ4n) is 10.8. The Labute approximate surface area is 463 Å². The zero-order valence-electron chi connectivity index (χ0n) is 48.5. The summed E-state index contributed by atoms with van der Waals surface area (Å²) in [6, 6.07) is -0.910. The SMILES string of the molecule is CCCCCCCCCCCCCCCCC/C=C/[C@@H](O)[C@H](CO[C@@H]1O[C@H](CO)[C@@H](O[C@@H]2O[C@H](CO)[C@H](O)C(O)C2O)C(O)C1O)NC(=O)CCCCCCCCCCCCCCCCCCCCCCCCCCC. The van der Waals surface area contributed by atoms with Crippen molar-refractivity contribution in [2.45, 2.75) is 357 Å². The number of aliphatic hydroxyl groups excluding tert-OH is 8. The second-order valence-corrected chi connectivity index (χ2v) is 22.9. The first-order chi connectivity index (χ1) is 37.1. The van der Waals surface area contributed by atoms with E-state index in [2.05, 4.69) is 19.2 Å². The summed E-state index contributed by atoms with van der Waals surface area (Å²) in [5, 5.41) is 87.2. The monoisotopic (exact) mass is 1090 g/mol. The van der Waals surface area contributed by atoms with Gasteiger partial charge in [0.05, 0.1) is 32.0 Å². The molecule has 2 saturated heterocycles. The molecule has 2 rings (SSSR count). The third-order valence-electron chi connectivity index (χ3n) is 16.0. The van der Waals surface area contributed by atoms with Gasteiger partial charge in [0.2, 0.25) is 5.91 Å². The Bertz CT molecular complexity index is 1330. The number of amides is 1. The topological polar surface area (TPSA) is 228 Å². The maximum absolute atomic E-state index is 13.3. The molecule has 2 aliphatic rings. The molecule has 14 heteroatoms. The largest absolute Gasteiger partial charge is 0.394 e. The standard InChI is InChI=1S/C62H119NO13/c1-3-5-7-9-11-13-15-17-19-21-22-23-24-25-26-27-28-30-32-34-36-38-40-42-44-46-54(67)63-50(51(66)45-43-41-39-37-35-33-31-29-20-18-16-14-12-10-8-6-4-2)49-73-61-59(72)57(70)60(53(48-65)75-61)76-62-58(71)56(69)55(68)52(47-64)74-62/h43,45,50-53,55-62,64-66,68-72H,3-42,44,46-49H2,1-2H3,(H,63,67)/b45-43+/t50-,51+,52+,53+,55-,56?,57?,58?,59?,60+,61+,62-/m0/s1. The van der Waals surface area contributed by atoms with E-state index in [0.29, 0.717) is 6.42 Å². The third kappa shape index (κ3) is 33.5. The van der Waals surface area contributed by atoms with Crippen LogP contribution in [0.1, 0.15) is 284 Å². The van der Waals surface area contributed by atoms with E-state index in [1.54, 1.807) is 6.08 Å². The second kappa shape index (κ2) is 48.4. The lowest BCUT2D eigenvalue weighted by atomic mass is 9.97. The third-order valence-corrected chi connectivity index (χ3v) is 16.0. The van der Waals surface area contributed by atoms with Gasteiger partial charge in [-0.05, 0) is 19.3 Å². The summed E-state index contributed by atoms with van der Waals surface area (Å²) in [6.45, 7) is 2.84. The summed E-state index contributed by atoms with van der Waals surface area (Å²) in [7, 11) is 0. The summed E-state index contributed by atoms with van der Waals surface area (Å²) in [6.07, 6.45) is 39.7. The van der Waals surface area contributed by atoms with E-state index in [4.69, 9.17) is 18.9 Å². The highest BCUT2D eigenvalue weighted by atomic mass is 16.7. The Balaban J connectivity index is 1.71. The number of ether oxygens (including phenoxy) is 4. The van der Waals surface area contributed by atoms with Crippen LogP contribution in [-0.4, -0.2) is 140 Å². The van der Waals surface area contributed by atoms with Crippen LogP contribution in [0.2, 0.25) is 0 Å². The van der Waals surface area contributed by atoms with Crippen LogP contribution < -0.4 is 5.32 Å². The summed E-state index contributed by atoms with van der Waals surface area (Å²) < 4.78 is 22.8. The summed E-state index contributed by atoms with van der Waals surface area (Å²) in [4.78, 5) is 13.3. The van der Waals surface area contributed by atoms with Crippen LogP contribution >= 0.6 is 0 Å². The lowest BCUT2D eigenvalue weighted by Crippen LogP contribution is -2.65. The van der Waals surface area contributed by atoms with Crippen molar-refractivity contribution in [2.75, 3.05) is 19.8 Å². The zero-order chi connectivity index (χ0) is 55.3. The van der Waals surface area contributed by atoms with Gasteiger partial charge in [0.25, 0.3) is 0 Å². The van der Waals surface area contributed by atoms with Crippen LogP contribution in [0.4, 0.5) is 0 Å². The van der Waals surface area contributed by atoms with Crippen molar-refractivity contribution in [2.24, 2.45) is 0 Å². The molecule has 450 valence electrons. The van der Waals surface area contributed by atoms with Crippen LogP contribution in [-0.2, 0) is 23.7 Å². The average molecular weight is 1090 g/mol. The Hall–Kier alpha value is -1.27. The van der Waals surface area contributed by atoms with Crippen molar-refractivity contribution in [3.05, 3.63) is 12.2 Å². The molecule has 0 aromatic heterocycles.